The zero-order valence-electron chi connectivity index (χ0n) is 16.5. The number of benzene rings is 1. The van der Waals surface area contributed by atoms with Gasteiger partial charge >= 0.3 is 0 Å². The Morgan fingerprint density at radius 1 is 1.07 bits per heavy atom. The normalized spacial score (nSPS) is 10.5. The number of rotatable bonds is 7. The molecule has 0 aliphatic rings. The fourth-order valence-corrected chi connectivity index (χ4v) is 3.24. The maximum atomic E-state index is 12.3. The Labute approximate surface area is 165 Å². The van der Waals surface area contributed by atoms with Crippen LogP contribution in [0.4, 0.5) is 0 Å². The number of pyridine rings is 2. The van der Waals surface area contributed by atoms with Crippen molar-refractivity contribution >= 4 is 5.91 Å². The third-order valence-corrected chi connectivity index (χ3v) is 4.61. The monoisotopic (exact) mass is 375 g/mol. The van der Waals surface area contributed by atoms with Gasteiger partial charge < -0.3 is 10.1 Å². The number of aryl methyl sites for hydroxylation is 3. The van der Waals surface area contributed by atoms with Crippen LogP contribution in [0.15, 0.2) is 54.9 Å². The Morgan fingerprint density at radius 3 is 2.46 bits per heavy atom. The van der Waals surface area contributed by atoms with E-state index in [-0.39, 0.29) is 5.91 Å². The molecule has 2 aromatic heterocycles. The number of carbonyl (C=O) groups excluding carboxylic acids is 1. The van der Waals surface area contributed by atoms with Crippen molar-refractivity contribution in [3.8, 4) is 17.0 Å². The molecular formula is C23H25N3O2. The van der Waals surface area contributed by atoms with Crippen molar-refractivity contribution in [2.24, 2.45) is 0 Å². The molecule has 0 spiro atoms. The molecule has 0 atom stereocenters. The number of hydrogen-bond acceptors (Lipinski definition) is 4. The fraction of sp³-hybridized carbons (Fsp3) is 0.261. The van der Waals surface area contributed by atoms with Gasteiger partial charge in [-0.25, -0.2) is 0 Å². The van der Waals surface area contributed by atoms with Gasteiger partial charge in [-0.1, -0.05) is 6.07 Å². The highest BCUT2D eigenvalue weighted by Gasteiger charge is 2.10. The maximum absolute atomic E-state index is 12.3. The van der Waals surface area contributed by atoms with E-state index in [4.69, 9.17) is 4.74 Å². The topological polar surface area (TPSA) is 64.1 Å². The summed E-state index contributed by atoms with van der Waals surface area (Å²) in [6.45, 7) is 4.64. The zero-order valence-corrected chi connectivity index (χ0v) is 16.5. The van der Waals surface area contributed by atoms with Gasteiger partial charge in [-0.3, -0.25) is 14.8 Å². The van der Waals surface area contributed by atoms with Crippen LogP contribution in [0.5, 0.6) is 5.75 Å². The highest BCUT2D eigenvalue weighted by Crippen LogP contribution is 2.29. The second-order valence-electron chi connectivity index (χ2n) is 6.76. The summed E-state index contributed by atoms with van der Waals surface area (Å²) in [7, 11) is 1.68. The Kier molecular flexibility index (Phi) is 6.37. The van der Waals surface area contributed by atoms with Crippen LogP contribution in [0.1, 0.15) is 33.6 Å². The molecule has 0 saturated carbocycles. The van der Waals surface area contributed by atoms with Crippen LogP contribution in [0.3, 0.4) is 0 Å². The lowest BCUT2D eigenvalue weighted by molar-refractivity contribution is 0.0953. The first kappa shape index (κ1) is 19.5. The van der Waals surface area contributed by atoms with E-state index in [0.717, 1.165) is 46.7 Å². The third kappa shape index (κ3) is 4.74. The number of aromatic nitrogens is 2. The Hall–Kier alpha value is -3.21. The standard InChI is InChI=1S/C23H25N3O2/c1-16-13-19(14-17(2)22(16)28-3)21-10-9-18(15-26-21)23(27)25-12-6-8-20-7-4-5-11-24-20/h4-5,7,9-11,13-15H,6,8,12H2,1-3H3,(H,25,27). The van der Waals surface area contributed by atoms with Gasteiger partial charge in [0.15, 0.2) is 0 Å². The molecular weight excluding hydrogens is 350 g/mol. The van der Waals surface area contributed by atoms with E-state index in [1.54, 1.807) is 19.5 Å². The molecule has 144 valence electrons. The quantitative estimate of drug-likeness (QED) is 0.631. The maximum Gasteiger partial charge on any atom is 0.252 e. The highest BCUT2D eigenvalue weighted by molar-refractivity contribution is 5.94. The summed E-state index contributed by atoms with van der Waals surface area (Å²) in [6.07, 6.45) is 5.10. The summed E-state index contributed by atoms with van der Waals surface area (Å²) in [5.74, 6) is 0.785. The van der Waals surface area contributed by atoms with Crippen LogP contribution in [-0.2, 0) is 6.42 Å². The third-order valence-electron chi connectivity index (χ3n) is 4.61. The molecule has 0 bridgehead atoms. The van der Waals surface area contributed by atoms with Gasteiger partial charge in [0.25, 0.3) is 5.91 Å². The van der Waals surface area contributed by atoms with Crippen LogP contribution >= 0.6 is 0 Å². The Balaban J connectivity index is 1.58. The first-order chi connectivity index (χ1) is 13.6. The first-order valence-electron chi connectivity index (χ1n) is 9.38. The summed E-state index contributed by atoms with van der Waals surface area (Å²) >= 11 is 0. The van der Waals surface area contributed by atoms with Crippen LogP contribution < -0.4 is 10.1 Å². The number of hydrogen-bond donors (Lipinski definition) is 1. The molecule has 1 N–H and O–H groups in total. The number of methoxy groups -OCH3 is 1. The van der Waals surface area contributed by atoms with E-state index in [1.165, 1.54) is 0 Å². The molecule has 0 radical (unpaired) electrons. The molecule has 1 aromatic carbocycles. The predicted molar refractivity (Wildman–Crippen MR) is 111 cm³/mol. The minimum Gasteiger partial charge on any atom is -0.496 e. The minimum absolute atomic E-state index is 0.109. The van der Waals surface area contributed by atoms with Crippen molar-refractivity contribution in [3.05, 3.63) is 77.2 Å². The van der Waals surface area contributed by atoms with Crippen LogP contribution in [0.2, 0.25) is 0 Å². The first-order valence-corrected chi connectivity index (χ1v) is 9.38. The molecule has 0 fully saturated rings. The minimum atomic E-state index is -0.109. The van der Waals surface area contributed by atoms with Gasteiger partial charge in [0, 0.05) is 30.2 Å². The van der Waals surface area contributed by atoms with Gasteiger partial charge in [0.2, 0.25) is 0 Å². The summed E-state index contributed by atoms with van der Waals surface area (Å²) in [5.41, 5.74) is 5.57. The molecule has 0 unspecified atom stereocenters. The molecule has 28 heavy (non-hydrogen) atoms. The molecule has 1 amide bonds. The van der Waals surface area contributed by atoms with Gasteiger partial charge in [0.05, 0.1) is 18.4 Å². The van der Waals surface area contributed by atoms with Crippen molar-refractivity contribution in [1.29, 1.82) is 0 Å². The van der Waals surface area contributed by atoms with Crippen molar-refractivity contribution < 1.29 is 9.53 Å². The summed E-state index contributed by atoms with van der Waals surface area (Å²) in [5, 5.41) is 2.94. The lowest BCUT2D eigenvalue weighted by Gasteiger charge is -2.11. The van der Waals surface area contributed by atoms with Gasteiger partial charge in [-0.15, -0.1) is 0 Å². The highest BCUT2D eigenvalue weighted by atomic mass is 16.5. The van der Waals surface area contributed by atoms with E-state index >= 15 is 0 Å². The Bertz CT molecular complexity index is 915. The second kappa shape index (κ2) is 9.13. The lowest BCUT2D eigenvalue weighted by atomic mass is 10.0. The molecule has 2 heterocycles. The molecule has 5 nitrogen and oxygen atoms in total. The van der Waals surface area contributed by atoms with Crippen molar-refractivity contribution in [3.63, 3.8) is 0 Å². The number of ether oxygens (including phenoxy) is 1. The molecule has 0 saturated heterocycles. The van der Waals surface area contributed by atoms with Crippen LogP contribution in [0.25, 0.3) is 11.3 Å². The van der Waals surface area contributed by atoms with Crippen molar-refractivity contribution in [1.82, 2.24) is 15.3 Å². The van der Waals surface area contributed by atoms with Crippen molar-refractivity contribution in [2.45, 2.75) is 26.7 Å². The largest absolute Gasteiger partial charge is 0.496 e. The molecule has 3 aromatic rings. The van der Waals surface area contributed by atoms with E-state index in [2.05, 4.69) is 15.3 Å². The van der Waals surface area contributed by atoms with Gasteiger partial charge in [-0.05, 0) is 74.2 Å². The van der Waals surface area contributed by atoms with E-state index < -0.39 is 0 Å². The van der Waals surface area contributed by atoms with Gasteiger partial charge in [0.1, 0.15) is 5.75 Å². The van der Waals surface area contributed by atoms with E-state index in [9.17, 15) is 4.79 Å². The zero-order chi connectivity index (χ0) is 19.9. The number of nitrogens with one attached hydrogen (secondary N) is 1. The molecule has 5 heteroatoms. The fourth-order valence-electron chi connectivity index (χ4n) is 3.24. The predicted octanol–water partition coefficient (Wildman–Crippen LogP) is 4.13. The van der Waals surface area contributed by atoms with E-state index in [1.807, 2.05) is 56.3 Å². The van der Waals surface area contributed by atoms with Crippen LogP contribution in [0, 0.1) is 13.8 Å². The average Bonchev–Trinajstić information content (AvgIpc) is 2.72. The number of nitrogens with zero attached hydrogens (tertiary/aromatic N) is 2. The molecule has 3 rings (SSSR count). The second-order valence-corrected chi connectivity index (χ2v) is 6.76. The number of carbonyl (C=O) groups is 1. The van der Waals surface area contributed by atoms with Gasteiger partial charge in [-0.2, -0.15) is 0 Å². The lowest BCUT2D eigenvalue weighted by Crippen LogP contribution is -2.24. The Morgan fingerprint density at radius 2 is 1.86 bits per heavy atom. The summed E-state index contributed by atoms with van der Waals surface area (Å²) in [4.78, 5) is 21.1. The van der Waals surface area contributed by atoms with Crippen LogP contribution in [-0.4, -0.2) is 29.5 Å². The molecule has 0 aliphatic carbocycles. The summed E-state index contributed by atoms with van der Waals surface area (Å²) < 4.78 is 5.41. The van der Waals surface area contributed by atoms with Crippen molar-refractivity contribution in [2.75, 3.05) is 13.7 Å². The number of amides is 1. The smallest absolute Gasteiger partial charge is 0.252 e. The average molecular weight is 375 g/mol. The molecule has 0 aliphatic heterocycles. The SMILES string of the molecule is COc1c(C)cc(-c2ccc(C(=O)NCCCc3ccccn3)cn2)cc1C. The van der Waals surface area contributed by atoms with E-state index in [0.29, 0.717) is 12.1 Å². The summed E-state index contributed by atoms with van der Waals surface area (Å²) in [6, 6.07) is 13.6.